The quantitative estimate of drug-likeness (QED) is 0.520. The van der Waals surface area contributed by atoms with Gasteiger partial charge in [-0.3, -0.25) is 4.79 Å². The van der Waals surface area contributed by atoms with Crippen LogP contribution in [0, 0.1) is 18.2 Å². The Hall–Kier alpha value is -2.10. The molecule has 0 aliphatic heterocycles. The van der Waals surface area contributed by atoms with Crippen molar-refractivity contribution in [3.8, 4) is 18.1 Å². The summed E-state index contributed by atoms with van der Waals surface area (Å²) < 4.78 is 24.0. The van der Waals surface area contributed by atoms with E-state index in [0.717, 1.165) is 0 Å². The first kappa shape index (κ1) is 17.0. The lowest BCUT2D eigenvalue weighted by molar-refractivity contribution is -0.122. The van der Waals surface area contributed by atoms with Crippen molar-refractivity contribution in [3.05, 3.63) is 29.6 Å². The Labute approximate surface area is 123 Å². The van der Waals surface area contributed by atoms with Gasteiger partial charge in [0.1, 0.15) is 0 Å². The van der Waals surface area contributed by atoms with Crippen LogP contribution in [0.3, 0.4) is 0 Å². The highest BCUT2D eigenvalue weighted by atomic mass is 19.1. The molecule has 0 aliphatic rings. The average Bonchev–Trinajstić information content (AvgIpc) is 2.48. The minimum absolute atomic E-state index is 0.0678. The number of terminal acetylenes is 1. The van der Waals surface area contributed by atoms with E-state index in [1.807, 2.05) is 0 Å². The molecular formula is C15H19FN2O3. The predicted octanol–water partition coefficient (Wildman–Crippen LogP) is 0.690. The SMILES string of the molecule is C#CCNC(=O)COc1c(F)cccc1CNCCOC. The van der Waals surface area contributed by atoms with Crippen molar-refractivity contribution in [1.29, 1.82) is 0 Å². The third kappa shape index (κ3) is 6.25. The summed E-state index contributed by atoms with van der Waals surface area (Å²) in [7, 11) is 1.60. The Morgan fingerprint density at radius 2 is 2.29 bits per heavy atom. The molecule has 0 heterocycles. The van der Waals surface area contributed by atoms with E-state index in [4.69, 9.17) is 15.9 Å². The maximum atomic E-state index is 13.8. The zero-order chi connectivity index (χ0) is 15.5. The molecule has 1 rings (SSSR count). The van der Waals surface area contributed by atoms with Crippen LogP contribution in [0.1, 0.15) is 5.56 Å². The van der Waals surface area contributed by atoms with Gasteiger partial charge in [0.2, 0.25) is 0 Å². The van der Waals surface area contributed by atoms with Crippen LogP contribution in [0.25, 0.3) is 0 Å². The highest BCUT2D eigenvalue weighted by molar-refractivity contribution is 5.77. The Balaban J connectivity index is 2.58. The van der Waals surface area contributed by atoms with E-state index in [1.165, 1.54) is 6.07 Å². The molecule has 0 spiro atoms. The summed E-state index contributed by atoms with van der Waals surface area (Å²) in [5.74, 6) is 1.44. The number of halogens is 1. The molecule has 0 aliphatic carbocycles. The van der Waals surface area contributed by atoms with Crippen molar-refractivity contribution >= 4 is 5.91 Å². The van der Waals surface area contributed by atoms with Crippen LogP contribution in [-0.2, 0) is 16.1 Å². The van der Waals surface area contributed by atoms with Crippen molar-refractivity contribution in [2.45, 2.75) is 6.54 Å². The Morgan fingerprint density at radius 3 is 3.00 bits per heavy atom. The van der Waals surface area contributed by atoms with E-state index in [-0.39, 0.29) is 18.9 Å². The number of hydrogen-bond acceptors (Lipinski definition) is 4. The van der Waals surface area contributed by atoms with E-state index in [2.05, 4.69) is 16.6 Å². The third-order valence-electron chi connectivity index (χ3n) is 2.58. The summed E-state index contributed by atoms with van der Waals surface area (Å²) in [5, 5.41) is 5.54. The van der Waals surface area contributed by atoms with Gasteiger partial charge in [-0.25, -0.2) is 4.39 Å². The molecule has 5 nitrogen and oxygen atoms in total. The predicted molar refractivity (Wildman–Crippen MR) is 77.3 cm³/mol. The summed E-state index contributed by atoms with van der Waals surface area (Å²) in [6.45, 7) is 1.44. The second-order valence-electron chi connectivity index (χ2n) is 4.17. The monoisotopic (exact) mass is 294 g/mol. The molecule has 0 bridgehead atoms. The lowest BCUT2D eigenvalue weighted by Gasteiger charge is -2.12. The van der Waals surface area contributed by atoms with E-state index < -0.39 is 11.7 Å². The van der Waals surface area contributed by atoms with Crippen molar-refractivity contribution in [3.63, 3.8) is 0 Å². The standard InChI is InChI=1S/C15H19FN2O3/c1-3-7-18-14(19)11-21-15-12(5-4-6-13(15)16)10-17-8-9-20-2/h1,4-6,17H,7-11H2,2H3,(H,18,19). The average molecular weight is 294 g/mol. The molecule has 0 saturated carbocycles. The Kier molecular flexibility index (Phi) is 7.87. The van der Waals surface area contributed by atoms with Gasteiger partial charge in [0.25, 0.3) is 5.91 Å². The molecule has 0 radical (unpaired) electrons. The fourth-order valence-electron chi connectivity index (χ4n) is 1.59. The number of carbonyl (C=O) groups is 1. The molecule has 21 heavy (non-hydrogen) atoms. The molecule has 1 amide bonds. The molecule has 0 fully saturated rings. The number of rotatable bonds is 9. The molecule has 114 valence electrons. The highest BCUT2D eigenvalue weighted by Gasteiger charge is 2.11. The van der Waals surface area contributed by atoms with Gasteiger partial charge in [-0.15, -0.1) is 6.42 Å². The van der Waals surface area contributed by atoms with Gasteiger partial charge in [0, 0.05) is 25.8 Å². The van der Waals surface area contributed by atoms with E-state index in [1.54, 1.807) is 19.2 Å². The molecule has 2 N–H and O–H groups in total. The maximum absolute atomic E-state index is 13.8. The van der Waals surface area contributed by atoms with Crippen molar-refractivity contribution in [2.24, 2.45) is 0 Å². The number of nitrogens with one attached hydrogen (secondary N) is 2. The van der Waals surface area contributed by atoms with Crippen LogP contribution in [0.4, 0.5) is 4.39 Å². The summed E-state index contributed by atoms with van der Waals surface area (Å²) in [5.41, 5.74) is 0.635. The molecule has 0 saturated heterocycles. The second kappa shape index (κ2) is 9.75. The fraction of sp³-hybridized carbons (Fsp3) is 0.400. The first-order chi connectivity index (χ1) is 10.2. The molecular weight excluding hydrogens is 275 g/mol. The van der Waals surface area contributed by atoms with E-state index >= 15 is 0 Å². The molecule has 0 aromatic heterocycles. The number of amides is 1. The lowest BCUT2D eigenvalue weighted by Crippen LogP contribution is -2.29. The summed E-state index contributed by atoms with van der Waals surface area (Å²) >= 11 is 0. The third-order valence-corrected chi connectivity index (χ3v) is 2.58. The van der Waals surface area contributed by atoms with Crippen LogP contribution in [0.2, 0.25) is 0 Å². The number of benzene rings is 1. The van der Waals surface area contributed by atoms with Crippen molar-refractivity contribution < 1.29 is 18.7 Å². The molecule has 1 aromatic rings. The van der Waals surface area contributed by atoms with Crippen LogP contribution < -0.4 is 15.4 Å². The van der Waals surface area contributed by atoms with Crippen LogP contribution in [0.15, 0.2) is 18.2 Å². The van der Waals surface area contributed by atoms with Gasteiger partial charge in [0.05, 0.1) is 13.2 Å². The van der Waals surface area contributed by atoms with Gasteiger partial charge in [-0.2, -0.15) is 0 Å². The van der Waals surface area contributed by atoms with Gasteiger partial charge in [-0.1, -0.05) is 18.1 Å². The summed E-state index contributed by atoms with van der Waals surface area (Å²) in [6.07, 6.45) is 5.03. The number of carbonyl (C=O) groups excluding carboxylic acids is 1. The molecule has 0 unspecified atom stereocenters. The number of para-hydroxylation sites is 1. The lowest BCUT2D eigenvalue weighted by atomic mass is 10.2. The maximum Gasteiger partial charge on any atom is 0.258 e. The fourth-order valence-corrected chi connectivity index (χ4v) is 1.59. The zero-order valence-electron chi connectivity index (χ0n) is 11.9. The van der Waals surface area contributed by atoms with Gasteiger partial charge >= 0.3 is 0 Å². The first-order valence-electron chi connectivity index (χ1n) is 6.49. The summed E-state index contributed by atoms with van der Waals surface area (Å²) in [4.78, 5) is 11.4. The second-order valence-corrected chi connectivity index (χ2v) is 4.17. The van der Waals surface area contributed by atoms with Gasteiger partial charge in [-0.05, 0) is 6.07 Å². The molecule has 0 atom stereocenters. The number of hydrogen-bond donors (Lipinski definition) is 2. The Bertz CT molecular complexity index is 500. The molecule has 1 aromatic carbocycles. The highest BCUT2D eigenvalue weighted by Crippen LogP contribution is 2.22. The van der Waals surface area contributed by atoms with E-state index in [9.17, 15) is 9.18 Å². The zero-order valence-corrected chi connectivity index (χ0v) is 11.9. The number of methoxy groups -OCH3 is 1. The first-order valence-corrected chi connectivity index (χ1v) is 6.49. The number of ether oxygens (including phenoxy) is 2. The van der Waals surface area contributed by atoms with Crippen molar-refractivity contribution in [2.75, 3.05) is 33.4 Å². The van der Waals surface area contributed by atoms with Gasteiger partial charge in [0.15, 0.2) is 18.2 Å². The minimum Gasteiger partial charge on any atom is -0.480 e. The van der Waals surface area contributed by atoms with Crippen LogP contribution >= 0.6 is 0 Å². The largest absolute Gasteiger partial charge is 0.480 e. The van der Waals surface area contributed by atoms with E-state index in [0.29, 0.717) is 25.3 Å². The topological polar surface area (TPSA) is 59.6 Å². The van der Waals surface area contributed by atoms with Gasteiger partial charge < -0.3 is 20.1 Å². The minimum atomic E-state index is -0.509. The van der Waals surface area contributed by atoms with Crippen LogP contribution in [-0.4, -0.2) is 39.3 Å². The smallest absolute Gasteiger partial charge is 0.258 e. The van der Waals surface area contributed by atoms with Crippen molar-refractivity contribution in [1.82, 2.24) is 10.6 Å². The summed E-state index contributed by atoms with van der Waals surface area (Å²) in [6, 6.07) is 4.61. The Morgan fingerprint density at radius 1 is 1.48 bits per heavy atom. The van der Waals surface area contributed by atoms with Crippen LogP contribution in [0.5, 0.6) is 5.75 Å². The molecule has 6 heteroatoms. The normalized spacial score (nSPS) is 9.95.